The maximum atomic E-state index is 12.7. The Bertz CT molecular complexity index is 1240. The van der Waals surface area contributed by atoms with Crippen LogP contribution in [0.25, 0.3) is 22.2 Å². The molecule has 0 aliphatic rings. The third kappa shape index (κ3) is 4.66. The van der Waals surface area contributed by atoms with Crippen LogP contribution in [0.4, 0.5) is 0 Å². The SMILES string of the molecule is COc1ncc(-c2cnc3c(c2)c(O)c(C(=O)NCC(=O)OC(C)(C)C)c(=O)n3C)cn1. The monoisotopic (exact) mass is 441 g/mol. The number of hydrogen-bond acceptors (Lipinski definition) is 9. The van der Waals surface area contributed by atoms with Crippen molar-refractivity contribution in [3.8, 4) is 22.9 Å². The molecule has 0 aliphatic heterocycles. The predicted molar refractivity (Wildman–Crippen MR) is 114 cm³/mol. The van der Waals surface area contributed by atoms with E-state index in [1.54, 1.807) is 26.8 Å². The van der Waals surface area contributed by atoms with E-state index in [1.165, 1.54) is 32.7 Å². The molecule has 3 aromatic heterocycles. The molecule has 168 valence electrons. The minimum Gasteiger partial charge on any atom is -0.506 e. The number of ether oxygens (including phenoxy) is 2. The predicted octanol–water partition coefficient (Wildman–Crippen LogP) is 1.18. The van der Waals surface area contributed by atoms with Gasteiger partial charge in [0.2, 0.25) is 0 Å². The van der Waals surface area contributed by atoms with E-state index >= 15 is 0 Å². The van der Waals surface area contributed by atoms with Crippen LogP contribution in [0.3, 0.4) is 0 Å². The van der Waals surface area contributed by atoms with Gasteiger partial charge >= 0.3 is 12.0 Å². The quantitative estimate of drug-likeness (QED) is 0.557. The van der Waals surface area contributed by atoms with E-state index in [4.69, 9.17) is 9.47 Å². The highest BCUT2D eigenvalue weighted by atomic mass is 16.6. The van der Waals surface area contributed by atoms with Crippen LogP contribution in [-0.2, 0) is 16.6 Å². The van der Waals surface area contributed by atoms with E-state index in [0.29, 0.717) is 11.1 Å². The Hall–Kier alpha value is -4.02. The number of aryl methyl sites for hydroxylation is 1. The normalized spacial score (nSPS) is 11.3. The molecule has 3 heterocycles. The van der Waals surface area contributed by atoms with E-state index in [1.807, 2.05) is 0 Å². The van der Waals surface area contributed by atoms with Crippen molar-refractivity contribution in [2.45, 2.75) is 26.4 Å². The van der Waals surface area contributed by atoms with Crippen molar-refractivity contribution in [3.05, 3.63) is 40.6 Å². The number of rotatable bonds is 5. The van der Waals surface area contributed by atoms with Crippen molar-refractivity contribution in [1.29, 1.82) is 0 Å². The molecule has 0 atom stereocenters. The first-order valence-corrected chi connectivity index (χ1v) is 9.60. The molecule has 11 heteroatoms. The molecule has 0 aliphatic carbocycles. The van der Waals surface area contributed by atoms with E-state index in [-0.39, 0.29) is 17.0 Å². The van der Waals surface area contributed by atoms with Crippen LogP contribution >= 0.6 is 0 Å². The molecular weight excluding hydrogens is 418 g/mol. The molecular formula is C21H23N5O6. The van der Waals surface area contributed by atoms with Gasteiger partial charge in [-0.2, -0.15) is 0 Å². The second-order valence-corrected chi connectivity index (χ2v) is 7.91. The summed E-state index contributed by atoms with van der Waals surface area (Å²) in [5.41, 5.74) is -0.679. The van der Waals surface area contributed by atoms with Gasteiger partial charge in [-0.15, -0.1) is 0 Å². The highest BCUT2D eigenvalue weighted by Crippen LogP contribution is 2.29. The molecule has 0 saturated heterocycles. The van der Waals surface area contributed by atoms with Crippen LogP contribution in [0.15, 0.2) is 29.5 Å². The van der Waals surface area contributed by atoms with Crippen LogP contribution in [0, 0.1) is 0 Å². The number of amides is 1. The van der Waals surface area contributed by atoms with Crippen LogP contribution < -0.4 is 15.6 Å². The standard InChI is InChI=1S/C21H23N5O6/c1-21(2,3)32-14(27)10-23-18(29)15-16(28)13-6-11(7-22-17(13)26(4)19(15)30)12-8-24-20(31-5)25-9-12/h6-9,28H,10H2,1-5H3,(H,23,29). The number of nitrogens with zero attached hydrogens (tertiary/aromatic N) is 4. The average Bonchev–Trinajstić information content (AvgIpc) is 2.75. The first-order valence-electron chi connectivity index (χ1n) is 9.60. The van der Waals surface area contributed by atoms with Crippen molar-refractivity contribution < 1.29 is 24.2 Å². The van der Waals surface area contributed by atoms with E-state index in [0.717, 1.165) is 4.57 Å². The highest BCUT2D eigenvalue weighted by molar-refractivity contribution is 6.03. The summed E-state index contributed by atoms with van der Waals surface area (Å²) in [4.78, 5) is 49.5. The van der Waals surface area contributed by atoms with Gasteiger partial charge in [0.25, 0.3) is 11.5 Å². The van der Waals surface area contributed by atoms with Gasteiger partial charge in [-0.3, -0.25) is 19.0 Å². The summed E-state index contributed by atoms with van der Waals surface area (Å²) in [6, 6.07) is 1.75. The highest BCUT2D eigenvalue weighted by Gasteiger charge is 2.24. The fraction of sp³-hybridized carbons (Fsp3) is 0.333. The minimum absolute atomic E-state index is 0.169. The molecule has 0 spiro atoms. The largest absolute Gasteiger partial charge is 0.506 e. The average molecular weight is 441 g/mol. The Morgan fingerprint density at radius 2 is 1.75 bits per heavy atom. The van der Waals surface area contributed by atoms with Crippen LogP contribution in [-0.4, -0.2) is 55.8 Å². The summed E-state index contributed by atoms with van der Waals surface area (Å²) in [5, 5.41) is 13.2. The van der Waals surface area contributed by atoms with Gasteiger partial charge in [0.15, 0.2) is 0 Å². The summed E-state index contributed by atoms with van der Waals surface area (Å²) < 4.78 is 11.2. The molecule has 11 nitrogen and oxygen atoms in total. The van der Waals surface area contributed by atoms with E-state index in [2.05, 4.69) is 20.3 Å². The van der Waals surface area contributed by atoms with Crippen molar-refractivity contribution in [3.63, 3.8) is 0 Å². The lowest BCUT2D eigenvalue weighted by Gasteiger charge is -2.19. The fourth-order valence-corrected chi connectivity index (χ4v) is 2.95. The van der Waals surface area contributed by atoms with Gasteiger partial charge in [0.1, 0.15) is 29.1 Å². The number of fused-ring (bicyclic) bond motifs is 1. The van der Waals surface area contributed by atoms with Crippen LogP contribution in [0.5, 0.6) is 11.8 Å². The Kier molecular flexibility index (Phi) is 6.10. The lowest BCUT2D eigenvalue weighted by atomic mass is 10.1. The van der Waals surface area contributed by atoms with Gasteiger partial charge < -0.3 is 19.9 Å². The van der Waals surface area contributed by atoms with E-state index in [9.17, 15) is 19.5 Å². The zero-order chi connectivity index (χ0) is 23.6. The number of esters is 1. The molecule has 0 aromatic carbocycles. The fourth-order valence-electron chi connectivity index (χ4n) is 2.95. The number of nitrogens with one attached hydrogen (secondary N) is 1. The Morgan fingerprint density at radius 3 is 2.34 bits per heavy atom. The summed E-state index contributed by atoms with van der Waals surface area (Å²) in [5.74, 6) is -2.13. The zero-order valence-electron chi connectivity index (χ0n) is 18.3. The molecule has 1 amide bonds. The molecule has 2 N–H and O–H groups in total. The maximum Gasteiger partial charge on any atom is 0.325 e. The molecule has 0 fully saturated rings. The summed E-state index contributed by atoms with van der Waals surface area (Å²) in [6.07, 6.45) is 4.53. The lowest BCUT2D eigenvalue weighted by molar-refractivity contribution is -0.153. The van der Waals surface area contributed by atoms with E-state index < -0.39 is 40.9 Å². The molecule has 0 saturated carbocycles. The molecule has 0 radical (unpaired) electrons. The number of carbonyl (C=O) groups excluding carboxylic acids is 2. The smallest absolute Gasteiger partial charge is 0.325 e. The molecule has 3 rings (SSSR count). The number of methoxy groups -OCH3 is 1. The number of aromatic hydroxyl groups is 1. The van der Waals surface area contributed by atoms with Gasteiger partial charge in [0, 0.05) is 36.8 Å². The molecule has 32 heavy (non-hydrogen) atoms. The first kappa shape index (κ1) is 22.7. The van der Waals surface area contributed by atoms with Crippen molar-refractivity contribution in [2.24, 2.45) is 7.05 Å². The number of aromatic nitrogens is 4. The van der Waals surface area contributed by atoms with Crippen molar-refractivity contribution >= 4 is 22.9 Å². The first-order chi connectivity index (χ1) is 15.0. The number of pyridine rings is 2. The molecule has 0 unspecified atom stereocenters. The lowest BCUT2D eigenvalue weighted by Crippen LogP contribution is -2.37. The third-order valence-corrected chi connectivity index (χ3v) is 4.38. The topological polar surface area (TPSA) is 146 Å². The van der Waals surface area contributed by atoms with Crippen molar-refractivity contribution in [2.75, 3.05) is 13.7 Å². The number of carbonyl (C=O) groups is 2. The Balaban J connectivity index is 1.98. The van der Waals surface area contributed by atoms with Gasteiger partial charge in [0.05, 0.1) is 12.5 Å². The third-order valence-electron chi connectivity index (χ3n) is 4.38. The summed E-state index contributed by atoms with van der Waals surface area (Å²) >= 11 is 0. The van der Waals surface area contributed by atoms with Gasteiger partial charge in [-0.05, 0) is 26.8 Å². The van der Waals surface area contributed by atoms with Crippen LogP contribution in [0.1, 0.15) is 31.1 Å². The van der Waals surface area contributed by atoms with Crippen LogP contribution in [0.2, 0.25) is 0 Å². The minimum atomic E-state index is -0.908. The zero-order valence-corrected chi connectivity index (χ0v) is 18.3. The van der Waals surface area contributed by atoms with Gasteiger partial charge in [-0.25, -0.2) is 15.0 Å². The summed E-state index contributed by atoms with van der Waals surface area (Å²) in [7, 11) is 2.87. The second kappa shape index (κ2) is 8.61. The molecule has 3 aromatic rings. The summed E-state index contributed by atoms with van der Waals surface area (Å²) in [6.45, 7) is 4.61. The Morgan fingerprint density at radius 1 is 1.12 bits per heavy atom. The Labute approximate surface area is 183 Å². The molecule has 0 bridgehead atoms. The maximum absolute atomic E-state index is 12.7. The second-order valence-electron chi connectivity index (χ2n) is 7.91. The van der Waals surface area contributed by atoms with Gasteiger partial charge in [-0.1, -0.05) is 0 Å². The number of hydrogen-bond donors (Lipinski definition) is 2. The van der Waals surface area contributed by atoms with Crippen molar-refractivity contribution in [1.82, 2.24) is 24.8 Å².